The molecule has 0 aromatic heterocycles. The Labute approximate surface area is 187 Å². The minimum absolute atomic E-state index is 0.183. The zero-order chi connectivity index (χ0) is 22.2. The van der Waals surface area contributed by atoms with Crippen LogP contribution in [0.1, 0.15) is 110 Å². The summed E-state index contributed by atoms with van der Waals surface area (Å²) in [6.07, 6.45) is 15.8. The summed E-state index contributed by atoms with van der Waals surface area (Å²) < 4.78 is 18.4. The first kappa shape index (κ1) is 26.9. The summed E-state index contributed by atoms with van der Waals surface area (Å²) in [7, 11) is -1.37. The van der Waals surface area contributed by atoms with E-state index < -0.39 is 16.0 Å². The van der Waals surface area contributed by atoms with Gasteiger partial charge >= 0.3 is 5.97 Å². The molecule has 30 heavy (non-hydrogen) atoms. The summed E-state index contributed by atoms with van der Waals surface area (Å²) in [5, 5.41) is -0.571. The molecule has 1 rings (SSSR count). The summed E-state index contributed by atoms with van der Waals surface area (Å²) in [4.78, 5) is 13.3. The zero-order valence-electron chi connectivity index (χ0n) is 19.8. The van der Waals surface area contributed by atoms with E-state index in [4.69, 9.17) is 4.74 Å². The van der Waals surface area contributed by atoms with Crippen LogP contribution >= 0.6 is 0 Å². The summed E-state index contributed by atoms with van der Waals surface area (Å²) >= 11 is 0. The molecule has 0 bridgehead atoms. The standard InChI is InChI=1S/C26H44O3S/c1-5-6-7-8-9-10-11-12-13-14-15-16-17-25(26(27)29-22(2)3)30(28)24-20-18-23(4)19-21-24/h18-22,25H,5-17H2,1-4H3/t25?,30-/m0/s1. The van der Waals surface area contributed by atoms with Gasteiger partial charge in [-0.2, -0.15) is 0 Å². The van der Waals surface area contributed by atoms with Gasteiger partial charge in [0.1, 0.15) is 5.25 Å². The minimum Gasteiger partial charge on any atom is -0.462 e. The van der Waals surface area contributed by atoms with Gasteiger partial charge in [-0.05, 0) is 39.3 Å². The average molecular weight is 437 g/mol. The van der Waals surface area contributed by atoms with Crippen LogP contribution in [0.2, 0.25) is 0 Å². The summed E-state index contributed by atoms with van der Waals surface area (Å²) in [6, 6.07) is 7.62. The second-order valence-electron chi connectivity index (χ2n) is 8.76. The van der Waals surface area contributed by atoms with Crippen molar-refractivity contribution >= 4 is 16.8 Å². The minimum atomic E-state index is -1.37. The fraction of sp³-hybridized carbons (Fsp3) is 0.731. The lowest BCUT2D eigenvalue weighted by Gasteiger charge is -2.17. The zero-order valence-corrected chi connectivity index (χ0v) is 20.6. The fourth-order valence-electron chi connectivity index (χ4n) is 3.63. The molecule has 0 spiro atoms. The van der Waals surface area contributed by atoms with Crippen LogP contribution in [0.4, 0.5) is 0 Å². The van der Waals surface area contributed by atoms with Crippen LogP contribution in [0, 0.1) is 6.92 Å². The van der Waals surface area contributed by atoms with Crippen molar-refractivity contribution < 1.29 is 13.7 Å². The Bertz CT molecular complexity index is 595. The number of unbranched alkanes of at least 4 members (excludes halogenated alkanes) is 11. The van der Waals surface area contributed by atoms with Crippen LogP contribution in [-0.4, -0.2) is 21.5 Å². The van der Waals surface area contributed by atoms with Crippen molar-refractivity contribution in [2.75, 3.05) is 0 Å². The highest BCUT2D eigenvalue weighted by atomic mass is 32.2. The Kier molecular flexibility index (Phi) is 14.8. The maximum absolute atomic E-state index is 13.0. The van der Waals surface area contributed by atoms with E-state index in [1.54, 1.807) is 0 Å². The Morgan fingerprint density at radius 3 is 1.77 bits per heavy atom. The molecule has 3 nitrogen and oxygen atoms in total. The third kappa shape index (κ3) is 11.9. The number of carbonyl (C=O) groups is 1. The van der Waals surface area contributed by atoms with Crippen molar-refractivity contribution in [2.24, 2.45) is 0 Å². The van der Waals surface area contributed by atoms with Crippen molar-refractivity contribution in [3.05, 3.63) is 29.8 Å². The molecule has 1 unspecified atom stereocenters. The maximum atomic E-state index is 13.0. The number of carbonyl (C=O) groups excluding carboxylic acids is 1. The monoisotopic (exact) mass is 436 g/mol. The summed E-state index contributed by atoms with van der Waals surface area (Å²) in [5.41, 5.74) is 1.12. The number of ether oxygens (including phenoxy) is 1. The molecule has 0 amide bonds. The van der Waals surface area contributed by atoms with Gasteiger partial charge < -0.3 is 4.74 Å². The average Bonchev–Trinajstić information content (AvgIpc) is 2.71. The molecule has 0 aliphatic heterocycles. The van der Waals surface area contributed by atoms with Crippen LogP contribution in [0.3, 0.4) is 0 Å². The lowest BCUT2D eigenvalue weighted by atomic mass is 10.0. The highest BCUT2D eigenvalue weighted by Crippen LogP contribution is 2.20. The number of hydrogen-bond donors (Lipinski definition) is 0. The lowest BCUT2D eigenvalue weighted by molar-refractivity contribution is -0.146. The van der Waals surface area contributed by atoms with Gasteiger partial charge in [0.2, 0.25) is 0 Å². The predicted molar refractivity (Wildman–Crippen MR) is 128 cm³/mol. The SMILES string of the molecule is CCCCCCCCCCCCCCC(C(=O)OC(C)C)[S@@](=O)c1ccc(C)cc1. The molecule has 1 aromatic rings. The van der Waals surface area contributed by atoms with E-state index in [0.29, 0.717) is 11.3 Å². The van der Waals surface area contributed by atoms with E-state index in [-0.39, 0.29) is 12.1 Å². The largest absolute Gasteiger partial charge is 0.462 e. The second kappa shape index (κ2) is 16.5. The number of aryl methyl sites for hydroxylation is 1. The molecule has 4 heteroatoms. The first-order chi connectivity index (χ1) is 14.5. The van der Waals surface area contributed by atoms with Crippen molar-refractivity contribution in [1.29, 1.82) is 0 Å². The van der Waals surface area contributed by atoms with E-state index >= 15 is 0 Å². The molecule has 0 aliphatic rings. The van der Waals surface area contributed by atoms with Gasteiger partial charge in [0.15, 0.2) is 0 Å². The smallest absolute Gasteiger partial charge is 0.322 e. The molecule has 0 radical (unpaired) electrons. The molecule has 0 saturated carbocycles. The second-order valence-corrected chi connectivity index (χ2v) is 10.4. The third-order valence-electron chi connectivity index (χ3n) is 5.45. The van der Waals surface area contributed by atoms with Crippen molar-refractivity contribution in [2.45, 2.75) is 127 Å². The number of esters is 1. The van der Waals surface area contributed by atoms with Gasteiger partial charge in [-0.1, -0.05) is 102 Å². The number of hydrogen-bond acceptors (Lipinski definition) is 3. The Morgan fingerprint density at radius 2 is 1.30 bits per heavy atom. The molecular weight excluding hydrogens is 392 g/mol. The van der Waals surface area contributed by atoms with Crippen LogP contribution < -0.4 is 0 Å². The van der Waals surface area contributed by atoms with Gasteiger partial charge in [-0.25, -0.2) is 0 Å². The van der Waals surface area contributed by atoms with Crippen LogP contribution in [0.15, 0.2) is 29.2 Å². The molecule has 2 atom stereocenters. The van der Waals surface area contributed by atoms with Crippen molar-refractivity contribution in [3.8, 4) is 0 Å². The molecular formula is C26H44O3S. The Balaban J connectivity index is 2.32. The Hall–Kier alpha value is -1.16. The highest BCUT2D eigenvalue weighted by Gasteiger charge is 2.28. The van der Waals surface area contributed by atoms with Crippen LogP contribution in [0.5, 0.6) is 0 Å². The molecule has 172 valence electrons. The van der Waals surface area contributed by atoms with E-state index in [1.807, 2.05) is 45.0 Å². The lowest BCUT2D eigenvalue weighted by Crippen LogP contribution is -2.30. The first-order valence-electron chi connectivity index (χ1n) is 12.1. The van der Waals surface area contributed by atoms with Crippen molar-refractivity contribution in [3.63, 3.8) is 0 Å². The predicted octanol–water partition coefficient (Wildman–Crippen LogP) is 7.51. The first-order valence-corrected chi connectivity index (χ1v) is 13.3. The van der Waals surface area contributed by atoms with Gasteiger partial charge in [0.05, 0.1) is 16.9 Å². The van der Waals surface area contributed by atoms with Gasteiger partial charge in [0.25, 0.3) is 0 Å². The van der Waals surface area contributed by atoms with Gasteiger partial charge in [-0.3, -0.25) is 9.00 Å². The molecule has 0 fully saturated rings. The number of benzene rings is 1. The molecule has 0 N–H and O–H groups in total. The van der Waals surface area contributed by atoms with Crippen LogP contribution in [-0.2, 0) is 20.3 Å². The topological polar surface area (TPSA) is 43.4 Å². The summed E-state index contributed by atoms with van der Waals surface area (Å²) in [6.45, 7) is 7.94. The molecule has 1 aromatic carbocycles. The quantitative estimate of drug-likeness (QED) is 0.187. The summed E-state index contributed by atoms with van der Waals surface area (Å²) in [5.74, 6) is -0.327. The number of rotatable bonds is 17. The van der Waals surface area contributed by atoms with E-state index in [0.717, 1.165) is 18.4 Å². The normalized spacial score (nSPS) is 13.4. The van der Waals surface area contributed by atoms with Crippen LogP contribution in [0.25, 0.3) is 0 Å². The third-order valence-corrected chi connectivity index (χ3v) is 7.13. The van der Waals surface area contributed by atoms with E-state index in [1.165, 1.54) is 64.2 Å². The fourth-order valence-corrected chi connectivity index (χ4v) is 4.97. The molecule has 0 heterocycles. The van der Waals surface area contributed by atoms with E-state index in [9.17, 15) is 9.00 Å². The van der Waals surface area contributed by atoms with E-state index in [2.05, 4.69) is 6.92 Å². The van der Waals surface area contributed by atoms with Gasteiger partial charge in [-0.15, -0.1) is 0 Å². The Morgan fingerprint density at radius 1 is 0.833 bits per heavy atom. The van der Waals surface area contributed by atoms with Gasteiger partial charge in [0, 0.05) is 4.90 Å². The van der Waals surface area contributed by atoms with Crippen molar-refractivity contribution in [1.82, 2.24) is 0 Å². The highest BCUT2D eigenvalue weighted by molar-refractivity contribution is 7.86. The maximum Gasteiger partial charge on any atom is 0.322 e. The molecule has 0 saturated heterocycles. The molecule has 0 aliphatic carbocycles.